The molecule has 15 heteroatoms. The van der Waals surface area contributed by atoms with E-state index in [1.54, 1.807) is 41.2 Å². The summed E-state index contributed by atoms with van der Waals surface area (Å²) in [7, 11) is 3.41. The zero-order valence-corrected chi connectivity index (χ0v) is 42.8. The number of benzene rings is 4. The molecule has 2 aliphatic rings. The number of hydrogen-bond acceptors (Lipinski definition) is 13. The van der Waals surface area contributed by atoms with Crippen molar-refractivity contribution in [1.29, 1.82) is 0 Å². The lowest BCUT2D eigenvalue weighted by Crippen LogP contribution is -2.30. The second kappa shape index (κ2) is 26.0. The second-order valence-corrected chi connectivity index (χ2v) is 19.2. The number of aromatic nitrogens is 4. The van der Waals surface area contributed by atoms with Crippen LogP contribution in [0.5, 0.6) is 0 Å². The summed E-state index contributed by atoms with van der Waals surface area (Å²) in [5.74, 6) is -0.175. The monoisotopic (exact) mass is 1010 g/mol. The lowest BCUT2D eigenvalue weighted by atomic mass is 9.87. The van der Waals surface area contributed by atoms with Gasteiger partial charge in [-0.05, 0) is 97.4 Å². The van der Waals surface area contributed by atoms with Crippen molar-refractivity contribution in [3.8, 4) is 0 Å². The predicted molar refractivity (Wildman–Crippen MR) is 293 cm³/mol. The fourth-order valence-corrected chi connectivity index (χ4v) is 10.3. The third-order valence-corrected chi connectivity index (χ3v) is 14.3. The number of thiazole rings is 2. The number of carbonyl (C=O) groups is 3. The zero-order valence-electron chi connectivity index (χ0n) is 41.2. The second-order valence-electron chi connectivity index (χ2n) is 17.8. The van der Waals surface area contributed by atoms with E-state index in [-0.39, 0.29) is 25.0 Å². The summed E-state index contributed by atoms with van der Waals surface area (Å²) in [5.41, 5.74) is 18.2. The number of rotatable bonds is 13. The fourth-order valence-electron chi connectivity index (χ4n) is 9.25. The first-order valence-electron chi connectivity index (χ1n) is 24.5. The molecule has 0 atom stereocenters. The van der Waals surface area contributed by atoms with Crippen LogP contribution in [0.25, 0.3) is 33.0 Å². The number of para-hydroxylation sites is 2. The highest BCUT2D eigenvalue weighted by molar-refractivity contribution is 7.07. The summed E-state index contributed by atoms with van der Waals surface area (Å²) >= 11 is 3.07. The van der Waals surface area contributed by atoms with Gasteiger partial charge in [-0.15, -0.1) is 22.7 Å². The minimum Gasteiger partial charge on any atom is -0.395 e. The van der Waals surface area contributed by atoms with Gasteiger partial charge in [0.05, 0.1) is 41.0 Å². The van der Waals surface area contributed by atoms with Gasteiger partial charge in [0, 0.05) is 103 Å². The molecule has 2 fully saturated rings. The number of pyridine rings is 2. The van der Waals surface area contributed by atoms with E-state index in [0.29, 0.717) is 29.9 Å². The van der Waals surface area contributed by atoms with Gasteiger partial charge in [-0.25, -0.2) is 9.97 Å². The van der Waals surface area contributed by atoms with Crippen LogP contribution in [0, 0.1) is 0 Å². The van der Waals surface area contributed by atoms with Gasteiger partial charge in [-0.2, -0.15) is 0 Å². The van der Waals surface area contributed by atoms with Crippen molar-refractivity contribution in [3.05, 3.63) is 199 Å². The summed E-state index contributed by atoms with van der Waals surface area (Å²) in [5, 5.41) is 27.8. The summed E-state index contributed by atoms with van der Waals surface area (Å²) in [6, 6.07) is 36.5. The van der Waals surface area contributed by atoms with Gasteiger partial charge in [0.2, 0.25) is 0 Å². The van der Waals surface area contributed by atoms with Crippen LogP contribution in [-0.4, -0.2) is 130 Å². The largest absolute Gasteiger partial charge is 0.395 e. The van der Waals surface area contributed by atoms with E-state index >= 15 is 0 Å². The Balaban J connectivity index is 0.000000174. The molecule has 374 valence electrons. The molecule has 0 spiro atoms. The van der Waals surface area contributed by atoms with Crippen LogP contribution in [0.15, 0.2) is 155 Å². The van der Waals surface area contributed by atoms with Crippen molar-refractivity contribution in [1.82, 2.24) is 40.0 Å². The fraction of sp³-hybridized carbons (Fsp3) is 0.259. The summed E-state index contributed by atoms with van der Waals surface area (Å²) in [6.45, 7) is 5.34. The highest BCUT2D eigenvalue weighted by Gasteiger charge is 2.23. The molecule has 0 radical (unpaired) electrons. The Morgan fingerprint density at radius 1 is 0.603 bits per heavy atom. The molecule has 13 nitrogen and oxygen atoms in total. The van der Waals surface area contributed by atoms with E-state index < -0.39 is 0 Å². The smallest absolute Gasteiger partial charge is 0.253 e. The van der Waals surface area contributed by atoms with E-state index in [9.17, 15) is 19.5 Å². The van der Waals surface area contributed by atoms with Gasteiger partial charge in [-0.1, -0.05) is 83.9 Å². The molecule has 6 heterocycles. The number of nitrogens with zero attached hydrogens (tertiary/aromatic N) is 7. The Morgan fingerprint density at radius 2 is 1.07 bits per heavy atom. The molecular weight excluding hydrogens is 953 g/mol. The van der Waals surface area contributed by atoms with Crippen LogP contribution in [0.3, 0.4) is 0 Å². The highest BCUT2D eigenvalue weighted by Crippen LogP contribution is 2.37. The van der Waals surface area contributed by atoms with Crippen molar-refractivity contribution in [2.75, 3.05) is 66.6 Å². The predicted octanol–water partition coefficient (Wildman–Crippen LogP) is 9.29. The molecule has 2 amide bonds. The van der Waals surface area contributed by atoms with Crippen LogP contribution in [0.1, 0.15) is 84.8 Å². The van der Waals surface area contributed by atoms with Crippen LogP contribution < -0.4 is 5.32 Å². The van der Waals surface area contributed by atoms with Crippen LogP contribution >= 0.6 is 22.7 Å². The number of amides is 2. The molecule has 8 aromatic rings. The summed E-state index contributed by atoms with van der Waals surface area (Å²) < 4.78 is 0. The first kappa shape index (κ1) is 52.2. The molecule has 4 aromatic carbocycles. The number of hydrogen-bond donors (Lipinski definition) is 3. The third-order valence-electron chi connectivity index (χ3n) is 13.0. The molecular formula is C58H60N8O5S2. The summed E-state index contributed by atoms with van der Waals surface area (Å²) in [4.78, 5) is 58.2. The summed E-state index contributed by atoms with van der Waals surface area (Å²) in [6.07, 6.45) is 8.37. The van der Waals surface area contributed by atoms with Crippen LogP contribution in [-0.2, 0) is 6.54 Å². The first-order valence-corrected chi connectivity index (χ1v) is 26.3. The quantitative estimate of drug-likeness (QED) is 0.0943. The number of piperidine rings is 2. The Labute approximate surface area is 434 Å². The maximum atomic E-state index is 12.7. The molecule has 3 N–H and O–H groups in total. The van der Waals surface area contributed by atoms with Gasteiger partial charge in [-0.3, -0.25) is 29.3 Å². The van der Waals surface area contributed by atoms with Crippen molar-refractivity contribution in [3.63, 3.8) is 0 Å². The maximum absolute atomic E-state index is 12.7. The number of likely N-dealkylation sites (tertiary alicyclic amines) is 1. The van der Waals surface area contributed by atoms with Crippen molar-refractivity contribution < 1.29 is 24.6 Å². The lowest BCUT2D eigenvalue weighted by Gasteiger charge is -2.30. The van der Waals surface area contributed by atoms with E-state index in [0.717, 1.165) is 114 Å². The highest BCUT2D eigenvalue weighted by atomic mass is 32.1. The van der Waals surface area contributed by atoms with E-state index in [1.807, 2.05) is 78.6 Å². The number of likely N-dealkylation sites (N-methyl/N-ethyl adjacent to an activating group) is 2. The average Bonchev–Trinajstić information content (AvgIpc) is 4.18. The number of fused-ring (bicyclic) bond motifs is 2. The number of carbonyl (C=O) groups excluding carboxylic acids is 3. The first-order chi connectivity index (χ1) is 35.8. The van der Waals surface area contributed by atoms with Gasteiger partial charge in [0.25, 0.3) is 11.8 Å². The Kier molecular flexibility index (Phi) is 18.6. The molecule has 10 rings (SSSR count). The molecule has 0 bridgehead atoms. The zero-order chi connectivity index (χ0) is 50.9. The van der Waals surface area contributed by atoms with Crippen molar-refractivity contribution >= 4 is 73.7 Å². The van der Waals surface area contributed by atoms with Crippen molar-refractivity contribution in [2.45, 2.75) is 32.2 Å². The SMILES string of the molecule is CN(CCO)C(=O)c1ccc(C(=C2CCN(Cc3cscn3)CC2)c2cccc3cccnc23)cc1.CN(CCO)C(=O)c1ccc(C(=C2CCNCC2)c2cccc3cccnc23)cc1.O=Cc1cscn1. The van der Waals surface area contributed by atoms with Gasteiger partial charge in [0.15, 0.2) is 6.29 Å². The molecule has 4 aromatic heterocycles. The van der Waals surface area contributed by atoms with Crippen LogP contribution in [0.2, 0.25) is 0 Å². The minimum atomic E-state index is -0.0908. The number of nitrogens with one attached hydrogen (secondary N) is 1. The molecule has 0 saturated carbocycles. The van der Waals surface area contributed by atoms with Gasteiger partial charge in [0.1, 0.15) is 5.69 Å². The molecule has 73 heavy (non-hydrogen) atoms. The maximum Gasteiger partial charge on any atom is 0.253 e. The average molecular weight is 1010 g/mol. The van der Waals surface area contributed by atoms with E-state index in [2.05, 4.69) is 79.1 Å². The standard InChI is InChI=1S/C29H30N4O2S.C25H27N3O2.C4H3NOS/c1-32(16-17-34)29(35)24-9-7-21(8-10-24)27(26-6-2-4-23-5-3-13-30-28(23)26)22-11-14-33(15-12-22)18-25-19-36-20-31-25;1-28(16-17-29)25(30)21-9-7-18(8-10-21)23(19-11-14-26-15-12-19)22-6-2-4-20-5-3-13-27-24(20)22;6-1-4-2-7-3-5-4/h2-10,13,19-20,34H,11-12,14-18H2,1H3;2-10,13,26,29H,11-12,14-17H2,1H3;1-3H. The normalized spacial score (nSPS) is 13.6. The molecule has 2 aliphatic heterocycles. The number of aldehydes is 1. The Bertz CT molecular complexity index is 3130. The molecule has 0 unspecified atom stereocenters. The van der Waals surface area contributed by atoms with Crippen molar-refractivity contribution in [2.24, 2.45) is 0 Å². The number of aliphatic hydroxyl groups excluding tert-OH is 2. The minimum absolute atomic E-state index is 0.0430. The number of aliphatic hydroxyl groups is 2. The van der Waals surface area contributed by atoms with Crippen LogP contribution in [0.4, 0.5) is 0 Å². The van der Waals surface area contributed by atoms with Gasteiger partial charge < -0.3 is 25.3 Å². The van der Waals surface area contributed by atoms with E-state index in [4.69, 9.17) is 10.1 Å². The van der Waals surface area contributed by atoms with Gasteiger partial charge >= 0.3 is 0 Å². The molecule has 0 aliphatic carbocycles. The Hall–Kier alpha value is -7.11. The molecule has 2 saturated heterocycles. The third kappa shape index (κ3) is 13.3. The van der Waals surface area contributed by atoms with E-state index in [1.165, 1.54) is 38.5 Å². The Morgan fingerprint density at radius 3 is 1.51 bits per heavy atom. The lowest BCUT2D eigenvalue weighted by molar-refractivity contribution is 0.0761. The topological polar surface area (TPSA) is 165 Å².